The van der Waals surface area contributed by atoms with E-state index in [1.165, 1.54) is 22.5 Å². The standard InChI is InChI=1S/C26H33N3O3/c1-18-5-8-20(9-6-18)28-11-12-29-24-15-21(31-2)10-7-19(24)14-23(25(29)17-28)26(30)27-16-22-4-3-13-32-22/h5-10,15,22-23,25H,3-4,11-14,16-17H2,1-2H3,(H,27,30)/t22-,23-,25+/m0/s1. The lowest BCUT2D eigenvalue weighted by Crippen LogP contribution is -2.61. The Morgan fingerprint density at radius 2 is 2.03 bits per heavy atom. The summed E-state index contributed by atoms with van der Waals surface area (Å²) in [6.07, 6.45) is 3.02. The van der Waals surface area contributed by atoms with Gasteiger partial charge >= 0.3 is 0 Å². The molecule has 3 aliphatic heterocycles. The number of aryl methyl sites for hydroxylation is 1. The second-order valence-electron chi connectivity index (χ2n) is 9.23. The van der Waals surface area contributed by atoms with Gasteiger partial charge in [-0.25, -0.2) is 0 Å². The van der Waals surface area contributed by atoms with Gasteiger partial charge in [-0.2, -0.15) is 0 Å². The number of benzene rings is 2. The van der Waals surface area contributed by atoms with E-state index in [2.05, 4.69) is 58.4 Å². The number of anilines is 2. The van der Waals surface area contributed by atoms with Crippen LogP contribution in [-0.2, 0) is 16.0 Å². The average Bonchev–Trinajstić information content (AvgIpc) is 3.35. The Labute approximate surface area is 190 Å². The molecule has 1 N–H and O–H groups in total. The zero-order chi connectivity index (χ0) is 22.1. The fraction of sp³-hybridized carbons (Fsp3) is 0.500. The molecule has 0 spiro atoms. The van der Waals surface area contributed by atoms with E-state index in [-0.39, 0.29) is 24.0 Å². The summed E-state index contributed by atoms with van der Waals surface area (Å²) in [7, 11) is 1.71. The first-order valence-electron chi connectivity index (χ1n) is 11.8. The van der Waals surface area contributed by atoms with Crippen molar-refractivity contribution in [2.45, 2.75) is 38.3 Å². The van der Waals surface area contributed by atoms with Gasteiger partial charge in [-0.05, 0) is 49.9 Å². The summed E-state index contributed by atoms with van der Waals surface area (Å²) in [4.78, 5) is 18.2. The number of amides is 1. The number of piperazine rings is 1. The van der Waals surface area contributed by atoms with Crippen molar-refractivity contribution in [2.75, 3.05) is 49.7 Å². The third-order valence-electron chi connectivity index (χ3n) is 7.19. The Balaban J connectivity index is 1.40. The van der Waals surface area contributed by atoms with Crippen LogP contribution in [-0.4, -0.2) is 57.9 Å². The Morgan fingerprint density at radius 3 is 2.78 bits per heavy atom. The van der Waals surface area contributed by atoms with Gasteiger partial charge in [-0.1, -0.05) is 23.8 Å². The van der Waals surface area contributed by atoms with Gasteiger partial charge in [0, 0.05) is 50.2 Å². The van der Waals surface area contributed by atoms with Crippen LogP contribution in [0.4, 0.5) is 11.4 Å². The average molecular weight is 436 g/mol. The molecular weight excluding hydrogens is 402 g/mol. The number of rotatable bonds is 5. The molecule has 6 nitrogen and oxygen atoms in total. The molecule has 0 aliphatic carbocycles. The summed E-state index contributed by atoms with van der Waals surface area (Å²) >= 11 is 0. The van der Waals surface area contributed by atoms with E-state index in [0.717, 1.165) is 51.3 Å². The monoisotopic (exact) mass is 435 g/mol. The molecule has 2 fully saturated rings. The molecule has 170 valence electrons. The minimum Gasteiger partial charge on any atom is -0.497 e. The van der Waals surface area contributed by atoms with Crippen molar-refractivity contribution in [3.63, 3.8) is 0 Å². The summed E-state index contributed by atoms with van der Waals surface area (Å²) in [6, 6.07) is 15.1. The number of methoxy groups -OCH3 is 1. The van der Waals surface area contributed by atoms with Crippen molar-refractivity contribution >= 4 is 17.3 Å². The Kier molecular flexibility index (Phi) is 5.96. The number of hydrogen-bond donors (Lipinski definition) is 1. The summed E-state index contributed by atoms with van der Waals surface area (Å²) in [5, 5.41) is 3.21. The molecule has 1 amide bonds. The van der Waals surface area contributed by atoms with E-state index >= 15 is 0 Å². The SMILES string of the molecule is COc1ccc2c(c1)N1CCN(c3ccc(C)cc3)C[C@@H]1[C@@H](C(=O)NC[C@@H]1CCCO1)C2. The van der Waals surface area contributed by atoms with E-state index in [1.807, 2.05) is 6.07 Å². The van der Waals surface area contributed by atoms with Crippen molar-refractivity contribution in [1.82, 2.24) is 5.32 Å². The van der Waals surface area contributed by atoms with Crippen LogP contribution in [0.3, 0.4) is 0 Å². The number of nitrogens with one attached hydrogen (secondary N) is 1. The van der Waals surface area contributed by atoms with Crippen LogP contribution in [0.2, 0.25) is 0 Å². The summed E-state index contributed by atoms with van der Waals surface area (Å²) in [5.41, 5.74) is 4.92. The first-order chi connectivity index (χ1) is 15.6. The van der Waals surface area contributed by atoms with Crippen molar-refractivity contribution in [1.29, 1.82) is 0 Å². The topological polar surface area (TPSA) is 54.0 Å². The maximum Gasteiger partial charge on any atom is 0.225 e. The van der Waals surface area contributed by atoms with E-state index in [4.69, 9.17) is 9.47 Å². The van der Waals surface area contributed by atoms with Gasteiger partial charge in [0.15, 0.2) is 0 Å². The summed E-state index contributed by atoms with van der Waals surface area (Å²) in [6.45, 7) is 6.17. The van der Waals surface area contributed by atoms with E-state index in [9.17, 15) is 4.79 Å². The van der Waals surface area contributed by atoms with Gasteiger partial charge in [0.1, 0.15) is 5.75 Å². The molecule has 2 aromatic rings. The second-order valence-corrected chi connectivity index (χ2v) is 9.23. The molecular formula is C26H33N3O3. The van der Waals surface area contributed by atoms with Crippen LogP contribution in [0.1, 0.15) is 24.0 Å². The summed E-state index contributed by atoms with van der Waals surface area (Å²) < 4.78 is 11.2. The van der Waals surface area contributed by atoms with Crippen molar-refractivity contribution in [3.05, 3.63) is 53.6 Å². The highest BCUT2D eigenvalue weighted by Crippen LogP contribution is 2.39. The lowest BCUT2D eigenvalue weighted by molar-refractivity contribution is -0.126. The number of nitrogens with zero attached hydrogens (tertiary/aromatic N) is 2. The quantitative estimate of drug-likeness (QED) is 0.782. The predicted molar refractivity (Wildman–Crippen MR) is 127 cm³/mol. The highest BCUT2D eigenvalue weighted by atomic mass is 16.5. The van der Waals surface area contributed by atoms with Crippen molar-refractivity contribution in [3.8, 4) is 5.75 Å². The number of fused-ring (bicyclic) bond motifs is 3. The van der Waals surface area contributed by atoms with Crippen LogP contribution in [0, 0.1) is 12.8 Å². The molecule has 5 rings (SSSR count). The Bertz CT molecular complexity index is 955. The lowest BCUT2D eigenvalue weighted by atomic mass is 9.83. The second kappa shape index (κ2) is 9.02. The lowest BCUT2D eigenvalue weighted by Gasteiger charge is -2.49. The van der Waals surface area contributed by atoms with Gasteiger partial charge in [-0.15, -0.1) is 0 Å². The predicted octanol–water partition coefficient (Wildman–Crippen LogP) is 3.17. The molecule has 0 radical (unpaired) electrons. The van der Waals surface area contributed by atoms with E-state index in [0.29, 0.717) is 6.54 Å². The first kappa shape index (κ1) is 21.1. The minimum atomic E-state index is -0.0921. The molecule has 3 heterocycles. The molecule has 2 aromatic carbocycles. The van der Waals surface area contributed by atoms with Crippen LogP contribution in [0.25, 0.3) is 0 Å². The van der Waals surface area contributed by atoms with Crippen molar-refractivity contribution in [2.24, 2.45) is 5.92 Å². The third-order valence-corrected chi connectivity index (χ3v) is 7.19. The maximum absolute atomic E-state index is 13.4. The van der Waals surface area contributed by atoms with E-state index < -0.39 is 0 Å². The molecule has 0 unspecified atom stereocenters. The molecule has 0 aromatic heterocycles. The number of hydrogen-bond acceptors (Lipinski definition) is 5. The minimum absolute atomic E-state index is 0.0921. The van der Waals surface area contributed by atoms with Crippen LogP contribution < -0.4 is 19.9 Å². The largest absolute Gasteiger partial charge is 0.497 e. The maximum atomic E-state index is 13.4. The van der Waals surface area contributed by atoms with Crippen LogP contribution >= 0.6 is 0 Å². The van der Waals surface area contributed by atoms with E-state index in [1.54, 1.807) is 7.11 Å². The Hall–Kier alpha value is -2.73. The molecule has 0 saturated carbocycles. The molecule has 6 heteroatoms. The van der Waals surface area contributed by atoms with Gasteiger partial charge in [0.05, 0.1) is 25.2 Å². The Morgan fingerprint density at radius 1 is 1.19 bits per heavy atom. The molecule has 0 bridgehead atoms. The first-order valence-corrected chi connectivity index (χ1v) is 11.8. The fourth-order valence-electron chi connectivity index (χ4n) is 5.35. The zero-order valence-electron chi connectivity index (χ0n) is 19.0. The van der Waals surface area contributed by atoms with Gasteiger partial charge < -0.3 is 24.6 Å². The smallest absolute Gasteiger partial charge is 0.225 e. The van der Waals surface area contributed by atoms with Crippen LogP contribution in [0.15, 0.2) is 42.5 Å². The number of carbonyl (C=O) groups excluding carboxylic acids is 1. The normalized spacial score (nSPS) is 24.6. The highest BCUT2D eigenvalue weighted by Gasteiger charge is 2.42. The highest BCUT2D eigenvalue weighted by molar-refractivity contribution is 5.82. The molecule has 2 saturated heterocycles. The van der Waals surface area contributed by atoms with Gasteiger partial charge in [-0.3, -0.25) is 4.79 Å². The number of carbonyl (C=O) groups is 1. The van der Waals surface area contributed by atoms with Gasteiger partial charge in [0.2, 0.25) is 5.91 Å². The van der Waals surface area contributed by atoms with Crippen LogP contribution in [0.5, 0.6) is 5.75 Å². The summed E-state index contributed by atoms with van der Waals surface area (Å²) in [5.74, 6) is 0.915. The molecule has 3 aliphatic rings. The third kappa shape index (κ3) is 4.16. The number of ether oxygens (including phenoxy) is 2. The molecule has 32 heavy (non-hydrogen) atoms. The molecule has 3 atom stereocenters. The van der Waals surface area contributed by atoms with Crippen molar-refractivity contribution < 1.29 is 14.3 Å². The zero-order valence-corrected chi connectivity index (χ0v) is 19.0. The van der Waals surface area contributed by atoms with Gasteiger partial charge in [0.25, 0.3) is 0 Å². The fourth-order valence-corrected chi connectivity index (χ4v) is 5.35.